The molecule has 2 aromatic heterocycles. The van der Waals surface area contributed by atoms with Gasteiger partial charge in [-0.2, -0.15) is 13.2 Å². The van der Waals surface area contributed by atoms with E-state index in [4.69, 9.17) is 0 Å². The number of nitrogens with zero attached hydrogens (tertiary/aromatic N) is 3. The zero-order chi connectivity index (χ0) is 23.2. The number of fused-ring (bicyclic) bond motifs is 3. The maximum absolute atomic E-state index is 13.0. The standard InChI is InChI=1S/C23H23F3N4O2S/c24-23(25,26)14-3-1-4-15(13-14)29-9-11-30(12-10-29)19(31)8-7-18-27-21(32)20-16-5-2-6-17(16)33-22(20)28-18/h1,3-4,13H,2,5-12H2,(H,27,28,32). The Morgan fingerprint density at radius 2 is 1.94 bits per heavy atom. The summed E-state index contributed by atoms with van der Waals surface area (Å²) >= 11 is 1.58. The minimum atomic E-state index is -4.38. The summed E-state index contributed by atoms with van der Waals surface area (Å²) in [4.78, 5) is 38.3. The molecule has 174 valence electrons. The van der Waals surface area contributed by atoms with Gasteiger partial charge in [-0.05, 0) is 43.0 Å². The Labute approximate surface area is 192 Å². The summed E-state index contributed by atoms with van der Waals surface area (Å²) < 4.78 is 38.9. The van der Waals surface area contributed by atoms with Crippen molar-refractivity contribution >= 4 is 33.1 Å². The molecule has 0 bridgehead atoms. The predicted octanol–water partition coefficient (Wildman–Crippen LogP) is 3.77. The first-order chi connectivity index (χ1) is 15.8. The average Bonchev–Trinajstić information content (AvgIpc) is 3.38. The van der Waals surface area contributed by atoms with Gasteiger partial charge >= 0.3 is 6.18 Å². The number of amides is 1. The van der Waals surface area contributed by atoms with Crippen LogP contribution in [0.1, 0.15) is 34.7 Å². The van der Waals surface area contributed by atoms with E-state index >= 15 is 0 Å². The molecule has 3 aromatic rings. The monoisotopic (exact) mass is 476 g/mol. The van der Waals surface area contributed by atoms with Gasteiger partial charge in [-0.1, -0.05) is 6.07 Å². The molecule has 1 amide bonds. The van der Waals surface area contributed by atoms with E-state index in [2.05, 4.69) is 9.97 Å². The fraction of sp³-hybridized carbons (Fsp3) is 0.435. The Bertz CT molecular complexity index is 1260. The van der Waals surface area contributed by atoms with Gasteiger partial charge in [0.25, 0.3) is 5.56 Å². The predicted molar refractivity (Wildman–Crippen MR) is 121 cm³/mol. The molecule has 1 fully saturated rings. The summed E-state index contributed by atoms with van der Waals surface area (Å²) in [5.74, 6) is 0.471. The maximum Gasteiger partial charge on any atom is 0.416 e. The first-order valence-electron chi connectivity index (χ1n) is 11.0. The Morgan fingerprint density at radius 1 is 1.15 bits per heavy atom. The fourth-order valence-electron chi connectivity index (χ4n) is 4.64. The SMILES string of the molecule is O=C(CCc1nc2sc3c(c2c(=O)[nH]1)CCC3)N1CCN(c2cccc(C(F)(F)F)c2)CC1. The number of carbonyl (C=O) groups excluding carboxylic acids is 1. The number of hydrogen-bond donors (Lipinski definition) is 1. The van der Waals surface area contributed by atoms with Gasteiger partial charge in [-0.15, -0.1) is 11.3 Å². The van der Waals surface area contributed by atoms with Crippen LogP contribution in [0, 0.1) is 0 Å². The number of H-pyrrole nitrogens is 1. The molecule has 0 unspecified atom stereocenters. The number of aromatic amines is 1. The summed E-state index contributed by atoms with van der Waals surface area (Å²) in [6.45, 7) is 1.81. The summed E-state index contributed by atoms with van der Waals surface area (Å²) in [5, 5.41) is 0.702. The molecule has 10 heteroatoms. The molecule has 1 aromatic carbocycles. The van der Waals surface area contributed by atoms with Crippen LogP contribution in [0.4, 0.5) is 18.9 Å². The molecule has 5 rings (SSSR count). The number of aryl methyl sites for hydroxylation is 3. The van der Waals surface area contributed by atoms with E-state index in [0.717, 1.165) is 41.8 Å². The number of aromatic nitrogens is 2. The maximum atomic E-state index is 13.0. The Balaban J connectivity index is 1.19. The molecule has 3 heterocycles. The summed E-state index contributed by atoms with van der Waals surface area (Å²) in [6, 6.07) is 5.27. The number of alkyl halides is 3. The number of carbonyl (C=O) groups is 1. The molecule has 0 spiro atoms. The van der Waals surface area contributed by atoms with Gasteiger partial charge in [-0.25, -0.2) is 4.98 Å². The number of thiophene rings is 1. The second kappa shape index (κ2) is 8.48. The van der Waals surface area contributed by atoms with Crippen LogP contribution in [-0.2, 0) is 30.2 Å². The lowest BCUT2D eigenvalue weighted by atomic mass is 10.1. The van der Waals surface area contributed by atoms with Crippen molar-refractivity contribution in [2.24, 2.45) is 0 Å². The average molecular weight is 477 g/mol. The lowest BCUT2D eigenvalue weighted by Gasteiger charge is -2.36. The second-order valence-corrected chi connectivity index (χ2v) is 9.55. The van der Waals surface area contributed by atoms with E-state index < -0.39 is 11.7 Å². The number of halogens is 3. The summed E-state index contributed by atoms with van der Waals surface area (Å²) in [5.41, 5.74) is 0.837. The van der Waals surface area contributed by atoms with Crippen molar-refractivity contribution in [3.05, 3.63) is 56.4 Å². The fourth-order valence-corrected chi connectivity index (χ4v) is 5.92. The number of piperazine rings is 1. The van der Waals surface area contributed by atoms with Gasteiger partial charge in [-0.3, -0.25) is 9.59 Å². The first-order valence-corrected chi connectivity index (χ1v) is 11.8. The molecule has 0 atom stereocenters. The molecule has 1 aliphatic carbocycles. The third kappa shape index (κ3) is 4.36. The zero-order valence-electron chi connectivity index (χ0n) is 17.9. The van der Waals surface area contributed by atoms with E-state index in [0.29, 0.717) is 49.5 Å². The van der Waals surface area contributed by atoms with Gasteiger partial charge in [0.2, 0.25) is 5.91 Å². The Hall–Kier alpha value is -2.88. The van der Waals surface area contributed by atoms with Crippen LogP contribution >= 0.6 is 11.3 Å². The van der Waals surface area contributed by atoms with Crippen molar-refractivity contribution in [2.45, 2.75) is 38.3 Å². The number of nitrogens with one attached hydrogen (secondary N) is 1. The highest BCUT2D eigenvalue weighted by Gasteiger charge is 2.31. The van der Waals surface area contributed by atoms with E-state index in [1.807, 2.05) is 4.90 Å². The van der Waals surface area contributed by atoms with Crippen LogP contribution in [-0.4, -0.2) is 47.0 Å². The van der Waals surface area contributed by atoms with Crippen LogP contribution in [0.15, 0.2) is 29.1 Å². The molecule has 1 N–H and O–H groups in total. The van der Waals surface area contributed by atoms with Crippen molar-refractivity contribution in [2.75, 3.05) is 31.1 Å². The molecule has 6 nitrogen and oxygen atoms in total. The lowest BCUT2D eigenvalue weighted by Crippen LogP contribution is -2.48. The van der Waals surface area contributed by atoms with E-state index in [-0.39, 0.29) is 17.9 Å². The molecule has 33 heavy (non-hydrogen) atoms. The van der Waals surface area contributed by atoms with Crippen molar-refractivity contribution in [3.63, 3.8) is 0 Å². The minimum absolute atomic E-state index is 0.0462. The molecule has 0 saturated carbocycles. The van der Waals surface area contributed by atoms with Gasteiger partial charge in [0.15, 0.2) is 0 Å². The van der Waals surface area contributed by atoms with Gasteiger partial charge in [0.05, 0.1) is 10.9 Å². The van der Waals surface area contributed by atoms with Gasteiger partial charge < -0.3 is 14.8 Å². The molecule has 2 aliphatic rings. The third-order valence-electron chi connectivity index (χ3n) is 6.37. The highest BCUT2D eigenvalue weighted by Crippen LogP contribution is 2.34. The third-order valence-corrected chi connectivity index (χ3v) is 7.56. The van der Waals surface area contributed by atoms with Crippen molar-refractivity contribution in [3.8, 4) is 0 Å². The van der Waals surface area contributed by atoms with Crippen LogP contribution in [0.2, 0.25) is 0 Å². The zero-order valence-corrected chi connectivity index (χ0v) is 18.7. The Morgan fingerprint density at radius 3 is 2.70 bits per heavy atom. The first kappa shape index (κ1) is 21.9. The van der Waals surface area contributed by atoms with Crippen LogP contribution in [0.3, 0.4) is 0 Å². The van der Waals surface area contributed by atoms with E-state index in [1.54, 1.807) is 22.3 Å². The van der Waals surface area contributed by atoms with Gasteiger partial charge in [0.1, 0.15) is 10.7 Å². The number of benzene rings is 1. The van der Waals surface area contributed by atoms with Crippen molar-refractivity contribution in [1.82, 2.24) is 14.9 Å². The number of anilines is 1. The quantitative estimate of drug-likeness (QED) is 0.623. The highest BCUT2D eigenvalue weighted by molar-refractivity contribution is 7.18. The molecule has 1 saturated heterocycles. The summed E-state index contributed by atoms with van der Waals surface area (Å²) in [7, 11) is 0. The Kier molecular flexibility index (Phi) is 5.64. The van der Waals surface area contributed by atoms with E-state index in [1.165, 1.54) is 10.9 Å². The van der Waals surface area contributed by atoms with Crippen LogP contribution in [0.5, 0.6) is 0 Å². The summed E-state index contributed by atoms with van der Waals surface area (Å²) in [6.07, 6.45) is -0.813. The molecule has 1 aliphatic heterocycles. The molecule has 0 radical (unpaired) electrons. The topological polar surface area (TPSA) is 69.3 Å². The molecular formula is C23H23F3N4O2S. The van der Waals surface area contributed by atoms with Crippen LogP contribution < -0.4 is 10.5 Å². The van der Waals surface area contributed by atoms with Crippen molar-refractivity contribution in [1.29, 1.82) is 0 Å². The minimum Gasteiger partial charge on any atom is -0.368 e. The largest absolute Gasteiger partial charge is 0.416 e. The number of hydrogen-bond acceptors (Lipinski definition) is 5. The smallest absolute Gasteiger partial charge is 0.368 e. The highest BCUT2D eigenvalue weighted by atomic mass is 32.1. The molecular weight excluding hydrogens is 453 g/mol. The number of rotatable bonds is 4. The van der Waals surface area contributed by atoms with Gasteiger partial charge in [0, 0.05) is 49.6 Å². The van der Waals surface area contributed by atoms with Crippen LogP contribution in [0.25, 0.3) is 10.2 Å². The lowest BCUT2D eigenvalue weighted by molar-refractivity contribution is -0.137. The van der Waals surface area contributed by atoms with E-state index in [9.17, 15) is 22.8 Å². The normalized spacial score (nSPS) is 16.5. The second-order valence-electron chi connectivity index (χ2n) is 8.47. The van der Waals surface area contributed by atoms with Crippen molar-refractivity contribution < 1.29 is 18.0 Å².